The minimum Gasteiger partial charge on any atom is -0.508 e. The Morgan fingerprint density at radius 3 is 2.76 bits per heavy atom. The SMILES string of the molecule is CCC1=C(C(=O)OCC2CCCCC2)C(c2cccc(O)c2)NC(CCC=O)N1. The summed E-state index contributed by atoms with van der Waals surface area (Å²) in [5, 5.41) is 16.7. The number of phenols is 1. The van der Waals surface area contributed by atoms with E-state index in [-0.39, 0.29) is 17.9 Å². The maximum absolute atomic E-state index is 13.1. The van der Waals surface area contributed by atoms with Gasteiger partial charge in [0.15, 0.2) is 0 Å². The van der Waals surface area contributed by atoms with Crippen LogP contribution in [0, 0.1) is 5.92 Å². The first-order valence-electron chi connectivity index (χ1n) is 10.8. The van der Waals surface area contributed by atoms with Gasteiger partial charge in [-0.1, -0.05) is 38.3 Å². The molecule has 0 spiro atoms. The summed E-state index contributed by atoms with van der Waals surface area (Å²) in [6, 6.07) is 6.54. The van der Waals surface area contributed by atoms with Crippen LogP contribution in [-0.2, 0) is 14.3 Å². The molecule has 2 atom stereocenters. The smallest absolute Gasteiger partial charge is 0.337 e. The van der Waals surface area contributed by atoms with Gasteiger partial charge in [0.05, 0.1) is 24.4 Å². The van der Waals surface area contributed by atoms with E-state index in [4.69, 9.17) is 4.74 Å². The van der Waals surface area contributed by atoms with Gasteiger partial charge < -0.3 is 20.0 Å². The lowest BCUT2D eigenvalue weighted by molar-refractivity contribution is -0.141. The van der Waals surface area contributed by atoms with Crippen molar-refractivity contribution in [3.05, 3.63) is 41.1 Å². The molecule has 1 aromatic rings. The Balaban J connectivity index is 1.83. The number of carbonyl (C=O) groups excluding carboxylic acids is 2. The predicted molar refractivity (Wildman–Crippen MR) is 111 cm³/mol. The van der Waals surface area contributed by atoms with Crippen molar-refractivity contribution in [2.75, 3.05) is 6.61 Å². The molecule has 6 heteroatoms. The highest BCUT2D eigenvalue weighted by molar-refractivity contribution is 5.91. The van der Waals surface area contributed by atoms with Gasteiger partial charge in [-0.05, 0) is 49.3 Å². The van der Waals surface area contributed by atoms with Crippen molar-refractivity contribution < 1.29 is 19.4 Å². The number of phenolic OH excluding ortho intramolecular Hbond substituents is 1. The molecule has 3 N–H and O–H groups in total. The Morgan fingerprint density at radius 1 is 1.28 bits per heavy atom. The molecule has 2 aliphatic rings. The normalized spacial score (nSPS) is 22.8. The summed E-state index contributed by atoms with van der Waals surface area (Å²) >= 11 is 0. The van der Waals surface area contributed by atoms with Crippen molar-refractivity contribution >= 4 is 12.3 Å². The molecule has 29 heavy (non-hydrogen) atoms. The molecular weight excluding hydrogens is 368 g/mol. The fourth-order valence-corrected chi connectivity index (χ4v) is 4.30. The number of benzene rings is 1. The molecule has 1 aromatic carbocycles. The molecule has 6 nitrogen and oxygen atoms in total. The molecule has 2 unspecified atom stereocenters. The van der Waals surface area contributed by atoms with Gasteiger partial charge in [-0.15, -0.1) is 0 Å². The highest BCUT2D eigenvalue weighted by Crippen LogP contribution is 2.32. The third-order valence-electron chi connectivity index (χ3n) is 5.86. The van der Waals surface area contributed by atoms with Crippen molar-refractivity contribution in [2.24, 2.45) is 5.92 Å². The minimum atomic E-state index is -0.395. The highest BCUT2D eigenvalue weighted by atomic mass is 16.5. The fourth-order valence-electron chi connectivity index (χ4n) is 4.30. The molecule has 1 aliphatic carbocycles. The van der Waals surface area contributed by atoms with E-state index in [9.17, 15) is 14.7 Å². The topological polar surface area (TPSA) is 87.7 Å². The molecule has 1 aliphatic heterocycles. The van der Waals surface area contributed by atoms with Crippen LogP contribution in [0.15, 0.2) is 35.5 Å². The van der Waals surface area contributed by atoms with Crippen LogP contribution < -0.4 is 10.6 Å². The van der Waals surface area contributed by atoms with Gasteiger partial charge in [0.2, 0.25) is 0 Å². The maximum Gasteiger partial charge on any atom is 0.337 e. The van der Waals surface area contributed by atoms with Gasteiger partial charge in [0.1, 0.15) is 12.0 Å². The van der Waals surface area contributed by atoms with Crippen LogP contribution in [0.5, 0.6) is 5.75 Å². The zero-order valence-corrected chi connectivity index (χ0v) is 17.2. The maximum atomic E-state index is 13.1. The quantitative estimate of drug-likeness (QED) is 0.455. The number of nitrogens with one attached hydrogen (secondary N) is 2. The van der Waals surface area contributed by atoms with Crippen LogP contribution >= 0.6 is 0 Å². The van der Waals surface area contributed by atoms with E-state index >= 15 is 0 Å². The number of hydrogen-bond acceptors (Lipinski definition) is 6. The second kappa shape index (κ2) is 10.4. The summed E-state index contributed by atoms with van der Waals surface area (Å²) in [6.45, 7) is 2.46. The van der Waals surface area contributed by atoms with Crippen LogP contribution in [0.25, 0.3) is 0 Å². The van der Waals surface area contributed by atoms with Gasteiger partial charge in [0.25, 0.3) is 0 Å². The molecule has 1 fully saturated rings. The van der Waals surface area contributed by atoms with Crippen LogP contribution in [0.2, 0.25) is 0 Å². The molecule has 1 heterocycles. The lowest BCUT2D eigenvalue weighted by atomic mass is 9.90. The van der Waals surface area contributed by atoms with E-state index in [1.165, 1.54) is 19.3 Å². The van der Waals surface area contributed by atoms with Gasteiger partial charge in [-0.3, -0.25) is 5.32 Å². The van der Waals surface area contributed by atoms with Crippen molar-refractivity contribution in [2.45, 2.75) is 70.5 Å². The molecule has 0 radical (unpaired) electrons. The van der Waals surface area contributed by atoms with Crippen LogP contribution in [-0.4, -0.2) is 30.1 Å². The van der Waals surface area contributed by atoms with Crippen molar-refractivity contribution in [1.29, 1.82) is 0 Å². The first-order valence-corrected chi connectivity index (χ1v) is 10.8. The Labute approximate surface area is 172 Å². The van der Waals surface area contributed by atoms with E-state index in [1.807, 2.05) is 13.0 Å². The van der Waals surface area contributed by atoms with Gasteiger partial charge in [-0.2, -0.15) is 0 Å². The summed E-state index contributed by atoms with van der Waals surface area (Å²) in [5.41, 5.74) is 2.20. The second-order valence-corrected chi connectivity index (χ2v) is 7.98. The first-order chi connectivity index (χ1) is 14.1. The van der Waals surface area contributed by atoms with E-state index in [1.54, 1.807) is 18.2 Å². The minimum absolute atomic E-state index is 0.127. The summed E-state index contributed by atoms with van der Waals surface area (Å²) in [5.74, 6) is 0.289. The molecule has 0 bridgehead atoms. The molecule has 0 saturated heterocycles. The van der Waals surface area contributed by atoms with E-state index in [2.05, 4.69) is 10.6 Å². The van der Waals surface area contributed by atoms with Gasteiger partial charge in [-0.25, -0.2) is 4.79 Å². The van der Waals surface area contributed by atoms with Crippen LogP contribution in [0.1, 0.15) is 69.9 Å². The molecule has 0 aromatic heterocycles. The highest BCUT2D eigenvalue weighted by Gasteiger charge is 2.34. The second-order valence-electron chi connectivity index (χ2n) is 7.98. The number of aromatic hydroxyl groups is 1. The molecule has 1 saturated carbocycles. The van der Waals surface area contributed by atoms with E-state index < -0.39 is 6.04 Å². The number of aldehydes is 1. The zero-order chi connectivity index (χ0) is 20.6. The Hall–Kier alpha value is -2.34. The number of allylic oxidation sites excluding steroid dienone is 1. The zero-order valence-electron chi connectivity index (χ0n) is 17.2. The van der Waals surface area contributed by atoms with Crippen LogP contribution in [0.4, 0.5) is 0 Å². The number of carbonyl (C=O) groups is 2. The average molecular weight is 401 g/mol. The number of hydrogen-bond donors (Lipinski definition) is 3. The Morgan fingerprint density at radius 2 is 2.07 bits per heavy atom. The standard InChI is InChI=1S/C23H32N2O4/c1-2-19-21(23(28)29-15-16-8-4-3-5-9-16)22(17-10-6-11-18(27)14-17)25-20(24-19)12-7-13-26/h6,10-11,13-14,16,20,22,24-25,27H,2-5,7-9,12,15H2,1H3. The first kappa shape index (κ1) is 21.4. The predicted octanol–water partition coefficient (Wildman–Crippen LogP) is 3.72. The Bertz CT molecular complexity index is 740. The van der Waals surface area contributed by atoms with Crippen molar-refractivity contribution in [3.63, 3.8) is 0 Å². The summed E-state index contributed by atoms with van der Waals surface area (Å²) in [4.78, 5) is 23.9. The lowest BCUT2D eigenvalue weighted by Gasteiger charge is -2.36. The van der Waals surface area contributed by atoms with Crippen LogP contribution in [0.3, 0.4) is 0 Å². The number of ether oxygens (including phenoxy) is 1. The molecule has 158 valence electrons. The third kappa shape index (κ3) is 5.60. The molecule has 3 rings (SSSR count). The molecular formula is C23H32N2O4. The summed E-state index contributed by atoms with van der Waals surface area (Å²) < 4.78 is 5.76. The Kier molecular flexibility index (Phi) is 7.69. The fraction of sp³-hybridized carbons (Fsp3) is 0.565. The van der Waals surface area contributed by atoms with Crippen molar-refractivity contribution in [1.82, 2.24) is 10.6 Å². The largest absolute Gasteiger partial charge is 0.508 e. The lowest BCUT2D eigenvalue weighted by Crippen LogP contribution is -2.50. The summed E-state index contributed by atoms with van der Waals surface area (Å²) in [6.07, 6.45) is 8.39. The van der Waals surface area contributed by atoms with Gasteiger partial charge in [0, 0.05) is 12.1 Å². The summed E-state index contributed by atoms with van der Waals surface area (Å²) in [7, 11) is 0. The third-order valence-corrected chi connectivity index (χ3v) is 5.86. The number of rotatable bonds is 8. The molecule has 0 amide bonds. The average Bonchev–Trinajstić information content (AvgIpc) is 2.76. The van der Waals surface area contributed by atoms with Gasteiger partial charge >= 0.3 is 5.97 Å². The van der Waals surface area contributed by atoms with E-state index in [0.29, 0.717) is 37.4 Å². The monoisotopic (exact) mass is 400 g/mol. The number of esters is 1. The van der Waals surface area contributed by atoms with E-state index in [0.717, 1.165) is 30.4 Å². The van der Waals surface area contributed by atoms with Crippen molar-refractivity contribution in [3.8, 4) is 5.75 Å².